The number of halogens is 2. The Hall–Kier alpha value is -1.92. The van der Waals surface area contributed by atoms with Crippen LogP contribution in [0.1, 0.15) is 5.56 Å². The van der Waals surface area contributed by atoms with Gasteiger partial charge in [-0.15, -0.1) is 5.10 Å². The molecule has 21 heavy (non-hydrogen) atoms. The topological polar surface area (TPSA) is 54.5 Å². The van der Waals surface area contributed by atoms with Crippen LogP contribution in [-0.2, 0) is 5.75 Å². The van der Waals surface area contributed by atoms with Crippen LogP contribution in [0.25, 0.3) is 11.4 Å². The van der Waals surface area contributed by atoms with Gasteiger partial charge in [0.05, 0.1) is 5.56 Å². The highest BCUT2D eigenvalue weighted by molar-refractivity contribution is 7.98. The van der Waals surface area contributed by atoms with Gasteiger partial charge in [-0.3, -0.25) is 5.10 Å². The number of benzene rings is 1. The number of aromatic amines is 1. The predicted octanol–water partition coefficient (Wildman–Crippen LogP) is 3.95. The number of nitrogens with zero attached hydrogens (tertiary/aromatic N) is 3. The first kappa shape index (κ1) is 14.0. The van der Waals surface area contributed by atoms with E-state index in [1.165, 1.54) is 17.8 Å². The highest BCUT2D eigenvalue weighted by Gasteiger charge is 2.10. The monoisotopic (exact) mass is 320 g/mol. The summed E-state index contributed by atoms with van der Waals surface area (Å²) in [6.07, 6.45) is 1.71. The number of aromatic nitrogens is 4. The van der Waals surface area contributed by atoms with Crippen LogP contribution in [-0.4, -0.2) is 20.2 Å². The fourth-order valence-corrected chi connectivity index (χ4v) is 2.57. The molecule has 4 nitrogen and oxygen atoms in total. The Morgan fingerprint density at radius 1 is 1.19 bits per heavy atom. The van der Waals surface area contributed by atoms with E-state index in [1.54, 1.807) is 30.5 Å². The summed E-state index contributed by atoms with van der Waals surface area (Å²) in [6.45, 7) is 0. The van der Waals surface area contributed by atoms with Crippen molar-refractivity contribution < 1.29 is 4.39 Å². The summed E-state index contributed by atoms with van der Waals surface area (Å²) < 4.78 is 13.7. The van der Waals surface area contributed by atoms with Crippen molar-refractivity contribution in [2.45, 2.75) is 10.9 Å². The van der Waals surface area contributed by atoms with E-state index in [0.29, 0.717) is 27.5 Å². The molecule has 0 aliphatic carbocycles. The van der Waals surface area contributed by atoms with Crippen LogP contribution in [0.2, 0.25) is 5.15 Å². The van der Waals surface area contributed by atoms with Crippen molar-refractivity contribution in [3.63, 3.8) is 0 Å². The molecule has 3 rings (SSSR count). The molecule has 0 saturated heterocycles. The third-order valence-electron chi connectivity index (χ3n) is 2.75. The molecule has 0 bridgehead atoms. The number of nitrogens with one attached hydrogen (secondary N) is 1. The van der Waals surface area contributed by atoms with Gasteiger partial charge in [-0.1, -0.05) is 41.6 Å². The minimum Gasteiger partial charge on any atom is -0.258 e. The molecule has 0 amide bonds. The first-order valence-corrected chi connectivity index (χ1v) is 7.49. The lowest BCUT2D eigenvalue weighted by molar-refractivity contribution is 0.630. The van der Waals surface area contributed by atoms with Gasteiger partial charge in [0.15, 0.2) is 5.82 Å². The van der Waals surface area contributed by atoms with Crippen LogP contribution >= 0.6 is 23.4 Å². The van der Waals surface area contributed by atoms with Gasteiger partial charge in [0.25, 0.3) is 0 Å². The number of hydrogen-bond donors (Lipinski definition) is 1. The Balaban J connectivity index is 1.71. The number of pyridine rings is 1. The molecule has 0 saturated carbocycles. The van der Waals surface area contributed by atoms with Crippen LogP contribution in [0.5, 0.6) is 0 Å². The van der Waals surface area contributed by atoms with E-state index in [4.69, 9.17) is 11.6 Å². The predicted molar refractivity (Wildman–Crippen MR) is 80.6 cm³/mol. The average molecular weight is 321 g/mol. The van der Waals surface area contributed by atoms with Gasteiger partial charge >= 0.3 is 0 Å². The average Bonchev–Trinajstić information content (AvgIpc) is 2.96. The molecule has 1 N–H and O–H groups in total. The smallest absolute Gasteiger partial charge is 0.209 e. The summed E-state index contributed by atoms with van der Waals surface area (Å²) in [5.74, 6) is 0.760. The zero-order valence-electron chi connectivity index (χ0n) is 10.8. The van der Waals surface area contributed by atoms with Crippen molar-refractivity contribution in [2.75, 3.05) is 0 Å². The molecule has 0 radical (unpaired) electrons. The fraction of sp³-hybridized carbons (Fsp3) is 0.0714. The lowest BCUT2D eigenvalue weighted by atomic mass is 10.2. The second-order valence-electron chi connectivity index (χ2n) is 4.22. The molecule has 3 aromatic rings. The van der Waals surface area contributed by atoms with Crippen LogP contribution < -0.4 is 0 Å². The van der Waals surface area contributed by atoms with Gasteiger partial charge in [-0.25, -0.2) is 14.4 Å². The molecule has 0 aliphatic rings. The van der Waals surface area contributed by atoms with Crippen molar-refractivity contribution in [2.24, 2.45) is 0 Å². The highest BCUT2D eigenvalue weighted by Crippen LogP contribution is 2.23. The number of H-pyrrole nitrogens is 1. The summed E-state index contributed by atoms with van der Waals surface area (Å²) in [5.41, 5.74) is 1.42. The van der Waals surface area contributed by atoms with Gasteiger partial charge in [-0.05, 0) is 23.8 Å². The third kappa shape index (κ3) is 3.40. The molecular formula is C14H10ClFN4S. The molecular weight excluding hydrogens is 311 g/mol. The molecule has 0 spiro atoms. The number of rotatable bonds is 4. The molecule has 0 unspecified atom stereocenters. The molecule has 2 aromatic heterocycles. The zero-order valence-corrected chi connectivity index (χ0v) is 12.3. The second-order valence-corrected chi connectivity index (χ2v) is 5.55. The van der Waals surface area contributed by atoms with Gasteiger partial charge in [0.2, 0.25) is 5.16 Å². The van der Waals surface area contributed by atoms with E-state index in [0.717, 1.165) is 5.56 Å². The molecule has 0 atom stereocenters. The van der Waals surface area contributed by atoms with Crippen molar-refractivity contribution in [3.8, 4) is 11.4 Å². The summed E-state index contributed by atoms with van der Waals surface area (Å²) in [4.78, 5) is 8.29. The Labute approximate surface area is 129 Å². The Morgan fingerprint density at radius 2 is 2.05 bits per heavy atom. The van der Waals surface area contributed by atoms with Crippen LogP contribution in [0.15, 0.2) is 47.8 Å². The molecule has 7 heteroatoms. The lowest BCUT2D eigenvalue weighted by Gasteiger charge is -1.98. The molecule has 2 heterocycles. The van der Waals surface area contributed by atoms with Gasteiger partial charge < -0.3 is 0 Å². The number of thioether (sulfide) groups is 1. The van der Waals surface area contributed by atoms with Crippen molar-refractivity contribution in [1.82, 2.24) is 20.2 Å². The van der Waals surface area contributed by atoms with Crippen LogP contribution in [0, 0.1) is 5.82 Å². The minimum absolute atomic E-state index is 0.327. The van der Waals surface area contributed by atoms with Crippen molar-refractivity contribution >= 4 is 23.4 Å². The van der Waals surface area contributed by atoms with E-state index >= 15 is 0 Å². The molecule has 1 aromatic carbocycles. The summed E-state index contributed by atoms with van der Waals surface area (Å²) >= 11 is 7.17. The SMILES string of the molecule is Fc1ccccc1-c1nc(SCc2ccc(Cl)nc2)n[nH]1. The Morgan fingerprint density at radius 3 is 2.81 bits per heavy atom. The maximum Gasteiger partial charge on any atom is 0.209 e. The summed E-state index contributed by atoms with van der Waals surface area (Å²) in [7, 11) is 0. The second kappa shape index (κ2) is 6.24. The zero-order chi connectivity index (χ0) is 14.7. The number of hydrogen-bond acceptors (Lipinski definition) is 4. The molecule has 0 aliphatic heterocycles. The van der Waals surface area contributed by atoms with E-state index in [1.807, 2.05) is 6.07 Å². The Kier molecular flexibility index (Phi) is 4.17. The van der Waals surface area contributed by atoms with E-state index in [9.17, 15) is 4.39 Å². The normalized spacial score (nSPS) is 10.8. The summed E-state index contributed by atoms with van der Waals surface area (Å²) in [6, 6.07) is 10.1. The maximum atomic E-state index is 13.7. The van der Waals surface area contributed by atoms with E-state index < -0.39 is 0 Å². The van der Waals surface area contributed by atoms with Crippen LogP contribution in [0.3, 0.4) is 0 Å². The quantitative estimate of drug-likeness (QED) is 0.584. The standard InChI is InChI=1S/C14H10ClFN4S/c15-12-6-5-9(7-17-12)8-21-14-18-13(19-20-14)10-3-1-2-4-11(10)16/h1-7H,8H2,(H,18,19,20). The molecule has 0 fully saturated rings. The van der Waals surface area contributed by atoms with Gasteiger partial charge in [0.1, 0.15) is 11.0 Å². The van der Waals surface area contributed by atoms with Crippen molar-refractivity contribution in [1.29, 1.82) is 0 Å². The van der Waals surface area contributed by atoms with E-state index in [2.05, 4.69) is 20.2 Å². The minimum atomic E-state index is -0.327. The van der Waals surface area contributed by atoms with Crippen LogP contribution in [0.4, 0.5) is 4.39 Å². The molecule has 106 valence electrons. The van der Waals surface area contributed by atoms with E-state index in [-0.39, 0.29) is 5.82 Å². The Bertz CT molecular complexity index is 745. The van der Waals surface area contributed by atoms with Crippen molar-refractivity contribution in [3.05, 3.63) is 59.1 Å². The first-order valence-electron chi connectivity index (χ1n) is 6.13. The van der Waals surface area contributed by atoms with Gasteiger partial charge in [0, 0.05) is 11.9 Å². The largest absolute Gasteiger partial charge is 0.258 e. The third-order valence-corrected chi connectivity index (χ3v) is 3.89. The maximum absolute atomic E-state index is 13.7. The lowest BCUT2D eigenvalue weighted by Crippen LogP contribution is -1.86. The summed E-state index contributed by atoms with van der Waals surface area (Å²) in [5, 5.41) is 7.85. The highest BCUT2D eigenvalue weighted by atomic mass is 35.5. The fourth-order valence-electron chi connectivity index (χ4n) is 1.72. The first-order chi connectivity index (χ1) is 10.2. The van der Waals surface area contributed by atoms with Gasteiger partial charge in [-0.2, -0.15) is 0 Å².